The lowest BCUT2D eigenvalue weighted by Gasteiger charge is -2.58. The fraction of sp³-hybridized carbons (Fsp3) is 0.846. The second-order valence-corrected chi connectivity index (χ2v) is 11.3. The van der Waals surface area contributed by atoms with Crippen LogP contribution in [0, 0.1) is 34.5 Å². The number of rotatable bonds is 6. The number of aliphatic hydroxyl groups is 1. The molecule has 3 saturated carbocycles. The molecule has 0 aliphatic heterocycles. The van der Waals surface area contributed by atoms with E-state index in [0.29, 0.717) is 12.5 Å². The lowest BCUT2D eigenvalue weighted by molar-refractivity contribution is -0.0479. The molecule has 0 spiro atoms. The molecule has 6 heteroatoms. The quantitative estimate of drug-likeness (QED) is 0.183. The van der Waals surface area contributed by atoms with Crippen LogP contribution < -0.4 is 10.6 Å². The van der Waals surface area contributed by atoms with Crippen LogP contribution in [-0.4, -0.2) is 43.2 Å². The minimum atomic E-state index is -0.456. The number of carbonyl (C=O) groups is 1. The van der Waals surface area contributed by atoms with Crippen LogP contribution in [0.4, 0.5) is 4.79 Å². The molecular weight excluding hydrogens is 402 g/mol. The van der Waals surface area contributed by atoms with Gasteiger partial charge < -0.3 is 15.7 Å². The number of hydrogen-bond acceptors (Lipinski definition) is 5. The maximum atomic E-state index is 12.0. The molecule has 180 valence electrons. The van der Waals surface area contributed by atoms with E-state index in [4.69, 9.17) is 4.84 Å². The van der Waals surface area contributed by atoms with Crippen LogP contribution in [0.25, 0.3) is 0 Å². The van der Waals surface area contributed by atoms with Crippen molar-refractivity contribution in [2.24, 2.45) is 39.7 Å². The number of fused-ring (bicyclic) bond motifs is 5. The number of amides is 1. The Kier molecular flexibility index (Phi) is 7.02. The molecule has 3 fully saturated rings. The maximum absolute atomic E-state index is 12.0. The molecule has 32 heavy (non-hydrogen) atoms. The number of nitrogens with one attached hydrogen (secondary N) is 2. The van der Waals surface area contributed by atoms with Gasteiger partial charge in [0.2, 0.25) is 0 Å². The Morgan fingerprint density at radius 3 is 2.75 bits per heavy atom. The van der Waals surface area contributed by atoms with Crippen LogP contribution in [0.5, 0.6) is 0 Å². The van der Waals surface area contributed by atoms with Crippen LogP contribution in [0.1, 0.15) is 78.6 Å². The average molecular weight is 446 g/mol. The van der Waals surface area contributed by atoms with Crippen molar-refractivity contribution in [1.82, 2.24) is 10.6 Å². The number of nitrogens with zero attached hydrogens (tertiary/aromatic N) is 1. The molecule has 0 radical (unpaired) electrons. The lowest BCUT2D eigenvalue weighted by Crippen LogP contribution is -2.51. The minimum absolute atomic E-state index is 0.237. The van der Waals surface area contributed by atoms with Gasteiger partial charge in [0.05, 0.1) is 11.8 Å². The van der Waals surface area contributed by atoms with Crippen molar-refractivity contribution >= 4 is 11.8 Å². The number of carbonyl (C=O) groups excluding carboxylic acids is 1. The van der Waals surface area contributed by atoms with Crippen molar-refractivity contribution in [2.45, 2.75) is 84.7 Å². The molecule has 6 nitrogen and oxygen atoms in total. The zero-order chi connectivity index (χ0) is 22.9. The standard InChI is InChI=1S/C26H43N3O3/c1-17(29-32-24(31)28-15-5-14-27-4)21-8-9-22-20-7-6-18-16-19(30)10-12-25(18,2)23(20)11-13-26(21,22)3/h16,19-23,27,30H,5-15H2,1-4H3,(H,28,31)/b29-17+/t19-,20+,21-,22+,23+,25+,26-/m1/s1. The van der Waals surface area contributed by atoms with Crippen LogP contribution in [0.15, 0.2) is 16.8 Å². The van der Waals surface area contributed by atoms with E-state index >= 15 is 0 Å². The Balaban J connectivity index is 1.42. The summed E-state index contributed by atoms with van der Waals surface area (Å²) < 4.78 is 0. The summed E-state index contributed by atoms with van der Waals surface area (Å²) in [6, 6.07) is 0. The van der Waals surface area contributed by atoms with Crippen LogP contribution >= 0.6 is 0 Å². The Hall–Kier alpha value is -1.40. The summed E-state index contributed by atoms with van der Waals surface area (Å²) in [6.07, 6.45) is 11.7. The van der Waals surface area contributed by atoms with E-state index in [9.17, 15) is 9.90 Å². The lowest BCUT2D eigenvalue weighted by atomic mass is 9.46. The van der Waals surface area contributed by atoms with E-state index in [1.54, 1.807) is 0 Å². The van der Waals surface area contributed by atoms with Gasteiger partial charge in [-0.25, -0.2) is 4.79 Å². The van der Waals surface area contributed by atoms with Gasteiger partial charge in [-0.3, -0.25) is 4.84 Å². The first-order valence-corrected chi connectivity index (χ1v) is 12.8. The van der Waals surface area contributed by atoms with Gasteiger partial charge in [0.1, 0.15) is 0 Å². The second kappa shape index (κ2) is 9.46. The SMILES string of the molecule is CNCCCNC(=O)O/N=C(\C)[C@H]1CC[C@H]2[C@@H]3CCC4=C[C@H](O)CC[C@]4(C)[C@H]3CC[C@]12C. The molecule has 0 bridgehead atoms. The molecule has 7 atom stereocenters. The third kappa shape index (κ3) is 4.25. The summed E-state index contributed by atoms with van der Waals surface area (Å²) in [5, 5.41) is 20.3. The molecule has 4 aliphatic carbocycles. The summed E-state index contributed by atoms with van der Waals surface area (Å²) in [7, 11) is 1.90. The Bertz CT molecular complexity index is 765. The molecule has 0 aromatic heterocycles. The monoisotopic (exact) mass is 445 g/mol. The van der Waals surface area contributed by atoms with Gasteiger partial charge in [-0.1, -0.05) is 30.7 Å². The van der Waals surface area contributed by atoms with Gasteiger partial charge in [0.15, 0.2) is 0 Å². The van der Waals surface area contributed by atoms with E-state index in [0.717, 1.165) is 62.1 Å². The third-order valence-electron chi connectivity index (χ3n) is 9.74. The van der Waals surface area contributed by atoms with Crippen molar-refractivity contribution in [3.8, 4) is 0 Å². The summed E-state index contributed by atoms with van der Waals surface area (Å²) >= 11 is 0. The molecular formula is C26H43N3O3. The molecule has 0 unspecified atom stereocenters. The summed E-state index contributed by atoms with van der Waals surface area (Å²) in [6.45, 7) is 8.45. The van der Waals surface area contributed by atoms with Gasteiger partial charge in [0.25, 0.3) is 0 Å². The highest BCUT2D eigenvalue weighted by molar-refractivity contribution is 5.85. The zero-order valence-corrected chi connectivity index (χ0v) is 20.5. The zero-order valence-electron chi connectivity index (χ0n) is 20.5. The maximum Gasteiger partial charge on any atom is 0.433 e. The van der Waals surface area contributed by atoms with E-state index in [-0.39, 0.29) is 16.9 Å². The van der Waals surface area contributed by atoms with E-state index in [2.05, 4.69) is 35.7 Å². The highest BCUT2D eigenvalue weighted by atomic mass is 16.7. The van der Waals surface area contributed by atoms with E-state index < -0.39 is 6.09 Å². The molecule has 0 aromatic rings. The van der Waals surface area contributed by atoms with Crippen molar-refractivity contribution in [1.29, 1.82) is 0 Å². The molecule has 0 saturated heterocycles. The normalized spacial score (nSPS) is 41.2. The molecule has 4 rings (SSSR count). The summed E-state index contributed by atoms with van der Waals surface area (Å²) in [5.74, 6) is 2.62. The Labute approximate surface area is 193 Å². The van der Waals surface area contributed by atoms with Gasteiger partial charge in [-0.05, 0) is 107 Å². The van der Waals surface area contributed by atoms with Crippen LogP contribution in [0.3, 0.4) is 0 Å². The highest BCUT2D eigenvalue weighted by Gasteiger charge is 2.59. The van der Waals surface area contributed by atoms with Gasteiger partial charge in [0, 0.05) is 12.5 Å². The highest BCUT2D eigenvalue weighted by Crippen LogP contribution is 2.66. The Morgan fingerprint density at radius 1 is 1.16 bits per heavy atom. The second-order valence-electron chi connectivity index (χ2n) is 11.3. The average Bonchev–Trinajstić information content (AvgIpc) is 3.13. The van der Waals surface area contributed by atoms with Crippen molar-refractivity contribution in [2.75, 3.05) is 20.1 Å². The predicted molar refractivity (Wildman–Crippen MR) is 127 cm³/mol. The number of hydrogen-bond donors (Lipinski definition) is 3. The van der Waals surface area contributed by atoms with Crippen LogP contribution in [0.2, 0.25) is 0 Å². The van der Waals surface area contributed by atoms with E-state index in [1.807, 2.05) is 14.0 Å². The third-order valence-corrected chi connectivity index (χ3v) is 9.74. The fourth-order valence-electron chi connectivity index (χ4n) is 8.06. The first-order chi connectivity index (χ1) is 15.3. The smallest absolute Gasteiger partial charge is 0.389 e. The van der Waals surface area contributed by atoms with Crippen molar-refractivity contribution in [3.63, 3.8) is 0 Å². The predicted octanol–water partition coefficient (Wildman–Crippen LogP) is 4.64. The van der Waals surface area contributed by atoms with Gasteiger partial charge in [-0.2, -0.15) is 0 Å². The van der Waals surface area contributed by atoms with Gasteiger partial charge >= 0.3 is 6.09 Å². The number of allylic oxidation sites excluding steroid dienone is 1. The topological polar surface area (TPSA) is 83.0 Å². The molecule has 4 aliphatic rings. The summed E-state index contributed by atoms with van der Waals surface area (Å²) in [4.78, 5) is 17.2. The van der Waals surface area contributed by atoms with E-state index in [1.165, 1.54) is 31.3 Å². The fourth-order valence-corrected chi connectivity index (χ4v) is 8.06. The molecule has 0 aromatic carbocycles. The summed E-state index contributed by atoms with van der Waals surface area (Å²) in [5.41, 5.74) is 3.02. The van der Waals surface area contributed by atoms with Crippen LogP contribution in [-0.2, 0) is 4.84 Å². The molecule has 1 amide bonds. The molecule has 3 N–H and O–H groups in total. The number of oxime groups is 1. The molecule has 0 heterocycles. The first kappa shape index (κ1) is 23.7. The first-order valence-electron chi connectivity index (χ1n) is 12.8. The Morgan fingerprint density at radius 2 is 1.97 bits per heavy atom. The largest absolute Gasteiger partial charge is 0.433 e. The van der Waals surface area contributed by atoms with Crippen molar-refractivity contribution < 1.29 is 14.7 Å². The number of aliphatic hydroxyl groups excluding tert-OH is 1. The van der Waals surface area contributed by atoms with Gasteiger partial charge in [-0.15, -0.1) is 0 Å². The minimum Gasteiger partial charge on any atom is -0.389 e. The van der Waals surface area contributed by atoms with Crippen molar-refractivity contribution in [3.05, 3.63) is 11.6 Å².